The first-order valence-electron chi connectivity index (χ1n) is 4.29. The van der Waals surface area contributed by atoms with E-state index in [0.717, 1.165) is 12.5 Å². The molecule has 1 aromatic rings. The number of carboxylic acids is 1. The number of aliphatic carboxylic acids is 1. The Morgan fingerprint density at radius 3 is 1.65 bits per heavy atom. The molecule has 0 aliphatic heterocycles. The molecule has 0 bridgehead atoms. The molecule has 0 aliphatic rings. The summed E-state index contributed by atoms with van der Waals surface area (Å²) in [4.78, 5) is 30.6. The molecule has 17 heavy (non-hydrogen) atoms. The van der Waals surface area contributed by atoms with E-state index in [1.165, 1.54) is 0 Å². The van der Waals surface area contributed by atoms with Crippen LogP contribution in [0.4, 0.5) is 0 Å². The summed E-state index contributed by atoms with van der Waals surface area (Å²) < 4.78 is 8.88. The van der Waals surface area contributed by atoms with Crippen molar-refractivity contribution in [2.45, 2.75) is 13.5 Å². The van der Waals surface area contributed by atoms with Crippen molar-refractivity contribution in [2.75, 3.05) is 0 Å². The number of aliphatic hydroxyl groups excluding tert-OH is 1. The van der Waals surface area contributed by atoms with Crippen molar-refractivity contribution < 1.29 is 34.3 Å². The SMILES string of the molecule is CC(=O)O.O=P(O)(O)O.OCc1ccccc1. The molecule has 0 radical (unpaired) electrons. The molecule has 0 fully saturated rings. The van der Waals surface area contributed by atoms with Crippen LogP contribution in [0.3, 0.4) is 0 Å². The molecule has 1 aromatic carbocycles. The lowest BCUT2D eigenvalue weighted by Crippen LogP contribution is -1.78. The van der Waals surface area contributed by atoms with Crippen LogP contribution >= 0.6 is 7.82 Å². The van der Waals surface area contributed by atoms with Gasteiger partial charge in [0.15, 0.2) is 0 Å². The Morgan fingerprint density at radius 2 is 1.47 bits per heavy atom. The second-order valence-corrected chi connectivity index (χ2v) is 3.70. The smallest absolute Gasteiger partial charge is 0.466 e. The third-order valence-corrected chi connectivity index (χ3v) is 1.03. The maximum atomic E-state index is 9.00. The van der Waals surface area contributed by atoms with E-state index < -0.39 is 13.8 Å². The topological polar surface area (TPSA) is 135 Å². The van der Waals surface area contributed by atoms with Crippen LogP contribution in [-0.2, 0) is 16.0 Å². The van der Waals surface area contributed by atoms with E-state index in [1.54, 1.807) is 0 Å². The number of carboxylic acid groups (broad SMARTS) is 1. The van der Waals surface area contributed by atoms with Crippen LogP contribution in [0.15, 0.2) is 30.3 Å². The minimum absolute atomic E-state index is 0.140. The zero-order valence-corrected chi connectivity index (χ0v) is 9.99. The number of phosphoric acid groups is 1. The summed E-state index contributed by atoms with van der Waals surface area (Å²) in [7, 11) is -4.64. The summed E-state index contributed by atoms with van der Waals surface area (Å²) in [6, 6.07) is 9.52. The molecule has 0 aliphatic carbocycles. The molecule has 0 unspecified atom stereocenters. The molecule has 0 aromatic heterocycles. The average molecular weight is 266 g/mol. The van der Waals surface area contributed by atoms with E-state index >= 15 is 0 Å². The van der Waals surface area contributed by atoms with E-state index in [9.17, 15) is 0 Å². The van der Waals surface area contributed by atoms with Crippen molar-refractivity contribution in [1.82, 2.24) is 0 Å². The molecule has 0 saturated heterocycles. The van der Waals surface area contributed by atoms with E-state index in [0.29, 0.717) is 0 Å². The highest BCUT2D eigenvalue weighted by atomic mass is 31.2. The highest BCUT2D eigenvalue weighted by Gasteiger charge is 2.00. The average Bonchev–Trinajstić information content (AvgIpc) is 2.15. The fraction of sp³-hybridized carbons (Fsp3) is 0.222. The Morgan fingerprint density at radius 1 is 1.18 bits per heavy atom. The van der Waals surface area contributed by atoms with Crippen molar-refractivity contribution in [3.8, 4) is 0 Å². The Labute approximate surface area is 98.2 Å². The van der Waals surface area contributed by atoms with Gasteiger partial charge in [-0.2, -0.15) is 0 Å². The third kappa shape index (κ3) is 31.3. The first kappa shape index (κ1) is 18.1. The minimum atomic E-state index is -4.64. The molecule has 8 heteroatoms. The molecular formula is C9H15O7P. The van der Waals surface area contributed by atoms with Gasteiger partial charge in [0.2, 0.25) is 0 Å². The Bertz CT molecular complexity index is 333. The van der Waals surface area contributed by atoms with Crippen LogP contribution in [0.5, 0.6) is 0 Å². The van der Waals surface area contributed by atoms with Gasteiger partial charge in [-0.1, -0.05) is 30.3 Å². The summed E-state index contributed by atoms with van der Waals surface area (Å²) in [6.07, 6.45) is 0. The molecule has 0 heterocycles. The molecule has 7 nitrogen and oxygen atoms in total. The van der Waals surface area contributed by atoms with E-state index in [-0.39, 0.29) is 6.61 Å². The van der Waals surface area contributed by atoms with Gasteiger partial charge in [-0.15, -0.1) is 0 Å². The van der Waals surface area contributed by atoms with Crippen molar-refractivity contribution >= 4 is 13.8 Å². The maximum absolute atomic E-state index is 9.00. The fourth-order valence-corrected chi connectivity index (χ4v) is 0.583. The van der Waals surface area contributed by atoms with Gasteiger partial charge in [-0.3, -0.25) is 4.79 Å². The van der Waals surface area contributed by atoms with E-state index in [4.69, 9.17) is 34.3 Å². The predicted molar refractivity (Wildman–Crippen MR) is 59.9 cm³/mol. The Balaban J connectivity index is 0. The molecule has 0 atom stereocenters. The fourth-order valence-electron chi connectivity index (χ4n) is 0.583. The Hall–Kier alpha value is -1.24. The van der Waals surface area contributed by atoms with Crippen LogP contribution < -0.4 is 0 Å². The zero-order chi connectivity index (χ0) is 13.9. The van der Waals surface area contributed by atoms with Crippen LogP contribution in [0, 0.1) is 0 Å². The summed E-state index contributed by atoms with van der Waals surface area (Å²) >= 11 is 0. The van der Waals surface area contributed by atoms with Gasteiger partial charge < -0.3 is 24.9 Å². The lowest BCUT2D eigenvalue weighted by Gasteiger charge is -1.89. The molecule has 0 saturated carbocycles. The second-order valence-electron chi connectivity index (χ2n) is 2.68. The lowest BCUT2D eigenvalue weighted by atomic mass is 10.2. The quantitative estimate of drug-likeness (QED) is 0.462. The number of benzene rings is 1. The van der Waals surface area contributed by atoms with E-state index in [1.807, 2.05) is 30.3 Å². The first-order valence-corrected chi connectivity index (χ1v) is 5.86. The zero-order valence-electron chi connectivity index (χ0n) is 9.09. The van der Waals surface area contributed by atoms with Crippen molar-refractivity contribution in [2.24, 2.45) is 0 Å². The molecule has 98 valence electrons. The van der Waals surface area contributed by atoms with Crippen molar-refractivity contribution in [3.05, 3.63) is 35.9 Å². The number of hydrogen-bond acceptors (Lipinski definition) is 3. The van der Waals surface area contributed by atoms with Gasteiger partial charge in [0.25, 0.3) is 5.97 Å². The molecular weight excluding hydrogens is 251 g/mol. The van der Waals surface area contributed by atoms with E-state index in [2.05, 4.69) is 0 Å². The summed E-state index contributed by atoms with van der Waals surface area (Å²) in [5.41, 5.74) is 0.965. The van der Waals surface area contributed by atoms with Crippen LogP contribution in [0.1, 0.15) is 12.5 Å². The number of aliphatic hydroxyl groups is 1. The minimum Gasteiger partial charge on any atom is -0.481 e. The molecule has 0 spiro atoms. The maximum Gasteiger partial charge on any atom is 0.466 e. The lowest BCUT2D eigenvalue weighted by molar-refractivity contribution is -0.134. The largest absolute Gasteiger partial charge is 0.481 e. The third-order valence-electron chi connectivity index (χ3n) is 1.03. The normalized spacial score (nSPS) is 9.24. The number of rotatable bonds is 1. The second kappa shape index (κ2) is 9.95. The molecule has 5 N–H and O–H groups in total. The summed E-state index contributed by atoms with van der Waals surface area (Å²) in [6.45, 7) is 1.22. The summed E-state index contributed by atoms with van der Waals surface area (Å²) in [5, 5.41) is 16.0. The highest BCUT2D eigenvalue weighted by molar-refractivity contribution is 7.45. The highest BCUT2D eigenvalue weighted by Crippen LogP contribution is 2.25. The van der Waals surface area contributed by atoms with Crippen molar-refractivity contribution in [3.63, 3.8) is 0 Å². The standard InChI is InChI=1S/C7H8O.C2H4O2.H3O4P/c8-6-7-4-2-1-3-5-7;1-2(3)4;1-5(2,3)4/h1-5,8H,6H2;1H3,(H,3,4);(H3,1,2,3,4). The summed E-state index contributed by atoms with van der Waals surface area (Å²) in [5.74, 6) is -0.833. The van der Waals surface area contributed by atoms with Crippen LogP contribution in [-0.4, -0.2) is 30.9 Å². The van der Waals surface area contributed by atoms with Gasteiger partial charge in [-0.05, 0) is 5.56 Å². The molecule has 0 amide bonds. The monoisotopic (exact) mass is 266 g/mol. The van der Waals surface area contributed by atoms with Crippen LogP contribution in [0.25, 0.3) is 0 Å². The number of carbonyl (C=O) groups is 1. The van der Waals surface area contributed by atoms with Gasteiger partial charge in [0.1, 0.15) is 0 Å². The van der Waals surface area contributed by atoms with Gasteiger partial charge in [0, 0.05) is 6.92 Å². The molecule has 1 rings (SSSR count). The predicted octanol–water partition coefficient (Wildman–Crippen LogP) is 0.341. The first-order chi connectivity index (χ1) is 7.66. The Kier molecular flexibility index (Phi) is 10.6. The van der Waals surface area contributed by atoms with Gasteiger partial charge in [-0.25, -0.2) is 4.57 Å². The van der Waals surface area contributed by atoms with Crippen LogP contribution in [0.2, 0.25) is 0 Å². The number of hydrogen-bond donors (Lipinski definition) is 5. The van der Waals surface area contributed by atoms with Gasteiger partial charge >= 0.3 is 7.82 Å². The van der Waals surface area contributed by atoms with Crippen molar-refractivity contribution in [1.29, 1.82) is 0 Å². The van der Waals surface area contributed by atoms with Gasteiger partial charge in [0.05, 0.1) is 6.61 Å².